The Morgan fingerprint density at radius 1 is 1.03 bits per heavy atom. The molecule has 0 atom stereocenters. The second-order valence-electron chi connectivity index (χ2n) is 8.10. The molecule has 2 aromatic heterocycles. The maximum absolute atomic E-state index is 12.9. The van der Waals surface area contributed by atoms with Crippen LogP contribution in [0.15, 0.2) is 71.7 Å². The Kier molecular flexibility index (Phi) is 5.20. The Morgan fingerprint density at radius 3 is 2.58 bits per heavy atom. The van der Waals surface area contributed by atoms with Gasteiger partial charge in [0.1, 0.15) is 18.2 Å². The van der Waals surface area contributed by atoms with E-state index in [2.05, 4.69) is 10.3 Å². The van der Waals surface area contributed by atoms with E-state index in [9.17, 15) is 4.79 Å². The zero-order chi connectivity index (χ0) is 21.2. The molecule has 2 heterocycles. The third kappa shape index (κ3) is 3.81. The van der Waals surface area contributed by atoms with Gasteiger partial charge in [-0.2, -0.15) is 0 Å². The number of nitrogens with zero attached hydrogens (tertiary/aromatic N) is 3. The molecule has 4 aromatic rings. The van der Waals surface area contributed by atoms with Crippen LogP contribution >= 0.6 is 0 Å². The first kappa shape index (κ1) is 19.4. The minimum absolute atomic E-state index is 0.0347. The summed E-state index contributed by atoms with van der Waals surface area (Å²) < 4.78 is 9.71. The van der Waals surface area contributed by atoms with Crippen molar-refractivity contribution in [3.05, 3.63) is 82.9 Å². The minimum Gasteiger partial charge on any atom is -0.487 e. The Morgan fingerprint density at radius 2 is 1.77 bits per heavy atom. The van der Waals surface area contributed by atoms with E-state index >= 15 is 0 Å². The number of rotatable bonds is 6. The van der Waals surface area contributed by atoms with Crippen LogP contribution in [0.2, 0.25) is 0 Å². The Hall–Kier alpha value is -3.54. The number of ether oxygens (including phenoxy) is 1. The Balaban J connectivity index is 1.44. The second kappa shape index (κ2) is 8.30. The van der Waals surface area contributed by atoms with Crippen LogP contribution in [0.25, 0.3) is 11.0 Å². The van der Waals surface area contributed by atoms with E-state index in [0.29, 0.717) is 12.4 Å². The number of aromatic nitrogens is 3. The van der Waals surface area contributed by atoms with Gasteiger partial charge >= 0.3 is 5.69 Å². The number of anilines is 2. The number of pyridine rings is 1. The van der Waals surface area contributed by atoms with Gasteiger partial charge in [0.05, 0.1) is 22.9 Å². The monoisotopic (exact) mass is 414 g/mol. The second-order valence-corrected chi connectivity index (χ2v) is 8.10. The van der Waals surface area contributed by atoms with Crippen LogP contribution in [0.3, 0.4) is 0 Å². The van der Waals surface area contributed by atoms with Gasteiger partial charge in [-0.3, -0.25) is 9.13 Å². The van der Waals surface area contributed by atoms with Gasteiger partial charge in [-0.15, -0.1) is 0 Å². The van der Waals surface area contributed by atoms with Gasteiger partial charge in [0.15, 0.2) is 0 Å². The average molecular weight is 415 g/mol. The van der Waals surface area contributed by atoms with Gasteiger partial charge < -0.3 is 10.1 Å². The average Bonchev–Trinajstić information content (AvgIpc) is 3.41. The van der Waals surface area contributed by atoms with Crippen molar-refractivity contribution in [2.75, 3.05) is 5.32 Å². The summed E-state index contributed by atoms with van der Waals surface area (Å²) >= 11 is 0. The van der Waals surface area contributed by atoms with E-state index in [4.69, 9.17) is 4.74 Å². The maximum atomic E-state index is 12.9. The van der Waals surface area contributed by atoms with Crippen molar-refractivity contribution in [3.8, 4) is 5.75 Å². The molecule has 6 heteroatoms. The number of imidazole rings is 1. The zero-order valence-electron chi connectivity index (χ0n) is 17.6. The Labute approximate surface area is 181 Å². The van der Waals surface area contributed by atoms with E-state index in [0.717, 1.165) is 40.9 Å². The first-order valence-electron chi connectivity index (χ1n) is 10.8. The largest absolute Gasteiger partial charge is 0.487 e. The maximum Gasteiger partial charge on any atom is 0.329 e. The molecule has 1 aliphatic rings. The highest BCUT2D eigenvalue weighted by atomic mass is 16.5. The molecule has 1 saturated carbocycles. The summed E-state index contributed by atoms with van der Waals surface area (Å²) in [5.41, 5.74) is 3.78. The highest BCUT2D eigenvalue weighted by Gasteiger charge is 2.23. The molecule has 158 valence electrons. The third-order valence-corrected chi connectivity index (χ3v) is 6.05. The van der Waals surface area contributed by atoms with Gasteiger partial charge in [0, 0.05) is 19.2 Å². The molecule has 0 saturated heterocycles. The number of benzene rings is 2. The fourth-order valence-corrected chi connectivity index (χ4v) is 4.41. The molecule has 5 rings (SSSR count). The number of aryl methyl sites for hydroxylation is 1. The number of hydrogen-bond donors (Lipinski definition) is 1. The van der Waals surface area contributed by atoms with Crippen LogP contribution < -0.4 is 15.7 Å². The number of para-hydroxylation sites is 2. The zero-order valence-corrected chi connectivity index (χ0v) is 17.6. The molecule has 0 amide bonds. The lowest BCUT2D eigenvalue weighted by Crippen LogP contribution is -2.24. The van der Waals surface area contributed by atoms with Crippen LogP contribution in [0.4, 0.5) is 11.5 Å². The predicted octanol–water partition coefficient (Wildman–Crippen LogP) is 5.17. The van der Waals surface area contributed by atoms with Crippen molar-refractivity contribution in [3.63, 3.8) is 0 Å². The summed E-state index contributed by atoms with van der Waals surface area (Å²) in [5.74, 6) is 1.45. The van der Waals surface area contributed by atoms with Gasteiger partial charge in [-0.1, -0.05) is 55.3 Å². The van der Waals surface area contributed by atoms with E-state index in [1.165, 1.54) is 12.8 Å². The summed E-state index contributed by atoms with van der Waals surface area (Å²) in [5, 5.41) is 3.39. The highest BCUT2D eigenvalue weighted by Crippen LogP contribution is 2.32. The quantitative estimate of drug-likeness (QED) is 0.473. The number of fused-ring (bicyclic) bond motifs is 1. The van der Waals surface area contributed by atoms with Crippen LogP contribution in [0.5, 0.6) is 5.75 Å². The lowest BCUT2D eigenvalue weighted by Gasteiger charge is -2.14. The number of nitrogens with one attached hydrogen (secondary N) is 1. The van der Waals surface area contributed by atoms with Crippen LogP contribution in [0.1, 0.15) is 37.3 Å². The fourth-order valence-electron chi connectivity index (χ4n) is 4.41. The van der Waals surface area contributed by atoms with E-state index in [1.54, 1.807) is 10.8 Å². The molecule has 0 radical (unpaired) electrons. The van der Waals surface area contributed by atoms with Gasteiger partial charge in [-0.25, -0.2) is 9.78 Å². The van der Waals surface area contributed by atoms with E-state index in [-0.39, 0.29) is 11.7 Å². The van der Waals surface area contributed by atoms with Crippen LogP contribution in [-0.4, -0.2) is 14.1 Å². The van der Waals surface area contributed by atoms with Crippen molar-refractivity contribution >= 4 is 22.5 Å². The molecule has 1 fully saturated rings. The SMILES string of the molecule is Cn1c(=O)n(C2CCCC2)c2cc(Nc3ccccc3OCc3ccccc3)ncc21. The molecule has 0 unspecified atom stereocenters. The summed E-state index contributed by atoms with van der Waals surface area (Å²) in [6.45, 7) is 0.492. The van der Waals surface area contributed by atoms with Gasteiger partial charge in [0.25, 0.3) is 0 Å². The normalized spacial score (nSPS) is 14.2. The lowest BCUT2D eigenvalue weighted by atomic mass is 10.2. The summed E-state index contributed by atoms with van der Waals surface area (Å²) in [7, 11) is 1.82. The molecule has 6 nitrogen and oxygen atoms in total. The number of hydrogen-bond acceptors (Lipinski definition) is 4. The third-order valence-electron chi connectivity index (χ3n) is 6.05. The van der Waals surface area contributed by atoms with E-state index < -0.39 is 0 Å². The summed E-state index contributed by atoms with van der Waals surface area (Å²) in [4.78, 5) is 17.4. The van der Waals surface area contributed by atoms with Crippen LogP contribution in [-0.2, 0) is 13.7 Å². The summed E-state index contributed by atoms with van der Waals surface area (Å²) in [6, 6.07) is 20.2. The molecule has 0 aliphatic heterocycles. The molecular formula is C25H26N4O2. The van der Waals surface area contributed by atoms with Gasteiger partial charge in [0.2, 0.25) is 0 Å². The van der Waals surface area contributed by atoms with Crippen molar-refractivity contribution < 1.29 is 4.74 Å². The van der Waals surface area contributed by atoms with Crippen molar-refractivity contribution in [2.45, 2.75) is 38.3 Å². The predicted molar refractivity (Wildman–Crippen MR) is 123 cm³/mol. The summed E-state index contributed by atoms with van der Waals surface area (Å²) in [6.07, 6.45) is 6.24. The molecule has 1 aliphatic carbocycles. The first-order chi connectivity index (χ1) is 15.2. The van der Waals surface area contributed by atoms with Gasteiger partial charge in [-0.05, 0) is 30.5 Å². The molecule has 2 aromatic carbocycles. The fraction of sp³-hybridized carbons (Fsp3) is 0.280. The van der Waals surface area contributed by atoms with E-state index in [1.807, 2.05) is 72.3 Å². The highest BCUT2D eigenvalue weighted by molar-refractivity contribution is 5.79. The minimum atomic E-state index is 0.0347. The standard InChI is InChI=1S/C25H26N4O2/c1-28-22-16-26-24(15-21(22)29(25(28)30)19-11-5-6-12-19)27-20-13-7-8-14-23(20)31-17-18-9-3-2-4-10-18/h2-4,7-10,13-16,19H,5-6,11-12,17H2,1H3,(H,26,27). The van der Waals surface area contributed by atoms with Crippen molar-refractivity contribution in [2.24, 2.45) is 7.05 Å². The van der Waals surface area contributed by atoms with Crippen LogP contribution in [0, 0.1) is 0 Å². The first-order valence-corrected chi connectivity index (χ1v) is 10.8. The molecule has 0 spiro atoms. The lowest BCUT2D eigenvalue weighted by molar-refractivity contribution is 0.308. The Bertz CT molecular complexity index is 1250. The molecule has 0 bridgehead atoms. The molecule has 1 N–H and O–H groups in total. The molecular weight excluding hydrogens is 388 g/mol. The molecule has 31 heavy (non-hydrogen) atoms. The van der Waals surface area contributed by atoms with Crippen molar-refractivity contribution in [1.82, 2.24) is 14.1 Å². The van der Waals surface area contributed by atoms with Crippen molar-refractivity contribution in [1.29, 1.82) is 0 Å². The smallest absolute Gasteiger partial charge is 0.329 e. The topological polar surface area (TPSA) is 61.1 Å².